The predicted molar refractivity (Wildman–Crippen MR) is 76.9 cm³/mol. The Kier molecular flexibility index (Phi) is 4.02. The molecule has 0 amide bonds. The summed E-state index contributed by atoms with van der Waals surface area (Å²) in [5.74, 6) is 0.740. The van der Waals surface area contributed by atoms with Crippen LogP contribution in [-0.2, 0) is 4.74 Å². The van der Waals surface area contributed by atoms with Crippen LogP contribution in [0.2, 0.25) is 0 Å². The molecule has 0 aromatic heterocycles. The van der Waals surface area contributed by atoms with Gasteiger partial charge in [0, 0.05) is 23.7 Å². The van der Waals surface area contributed by atoms with Crippen molar-refractivity contribution in [1.82, 2.24) is 5.32 Å². The van der Waals surface area contributed by atoms with Crippen molar-refractivity contribution >= 4 is 15.9 Å². The summed E-state index contributed by atoms with van der Waals surface area (Å²) in [5, 5.41) is 3.64. The second-order valence-corrected chi connectivity index (χ2v) is 6.38. The van der Waals surface area contributed by atoms with E-state index in [1.165, 1.54) is 35.7 Å². The molecular formula is C15H20BrNO. The van der Waals surface area contributed by atoms with E-state index in [0.717, 1.165) is 19.1 Å². The van der Waals surface area contributed by atoms with Crippen LogP contribution >= 0.6 is 15.9 Å². The maximum atomic E-state index is 5.63. The summed E-state index contributed by atoms with van der Waals surface area (Å²) in [6.07, 6.45) is 5.47. The van der Waals surface area contributed by atoms with Crippen LogP contribution in [0.25, 0.3) is 0 Å². The Morgan fingerprint density at radius 2 is 2.22 bits per heavy atom. The minimum absolute atomic E-state index is 0.468. The molecule has 0 bridgehead atoms. The largest absolute Gasteiger partial charge is 0.377 e. The first-order valence-electron chi connectivity index (χ1n) is 6.92. The fourth-order valence-electron chi connectivity index (χ4n) is 2.92. The van der Waals surface area contributed by atoms with Gasteiger partial charge in [-0.3, -0.25) is 0 Å². The van der Waals surface area contributed by atoms with Gasteiger partial charge in [0.2, 0.25) is 0 Å². The fourth-order valence-corrected chi connectivity index (χ4v) is 3.34. The highest BCUT2D eigenvalue weighted by Crippen LogP contribution is 2.37. The first-order valence-corrected chi connectivity index (χ1v) is 7.71. The molecule has 0 radical (unpaired) electrons. The van der Waals surface area contributed by atoms with Crippen molar-refractivity contribution in [3.8, 4) is 0 Å². The van der Waals surface area contributed by atoms with Crippen LogP contribution in [0, 0.1) is 0 Å². The van der Waals surface area contributed by atoms with Gasteiger partial charge in [-0.2, -0.15) is 0 Å². The van der Waals surface area contributed by atoms with E-state index >= 15 is 0 Å². The molecule has 1 heterocycles. The smallest absolute Gasteiger partial charge is 0.0700 e. The highest BCUT2D eigenvalue weighted by Gasteiger charge is 2.30. The van der Waals surface area contributed by atoms with Crippen LogP contribution in [0.3, 0.4) is 0 Å². The van der Waals surface area contributed by atoms with Gasteiger partial charge in [0.05, 0.1) is 6.10 Å². The number of rotatable bonds is 4. The third-order valence-electron chi connectivity index (χ3n) is 4.12. The van der Waals surface area contributed by atoms with Crippen LogP contribution in [0.5, 0.6) is 0 Å². The molecule has 1 unspecified atom stereocenters. The molecule has 1 saturated carbocycles. The Balaban J connectivity index is 1.42. The molecule has 1 saturated heterocycles. The average Bonchev–Trinajstić information content (AvgIpc) is 2.80. The van der Waals surface area contributed by atoms with Crippen LogP contribution < -0.4 is 5.32 Å². The van der Waals surface area contributed by atoms with E-state index in [1.54, 1.807) is 0 Å². The molecule has 2 aliphatic rings. The van der Waals surface area contributed by atoms with E-state index in [1.807, 2.05) is 0 Å². The van der Waals surface area contributed by atoms with E-state index in [0.29, 0.717) is 12.1 Å². The Hall–Kier alpha value is -0.380. The maximum absolute atomic E-state index is 5.63. The first-order chi connectivity index (χ1) is 8.81. The monoisotopic (exact) mass is 309 g/mol. The van der Waals surface area contributed by atoms with E-state index < -0.39 is 0 Å². The van der Waals surface area contributed by atoms with E-state index in [2.05, 4.69) is 45.5 Å². The third-order valence-corrected chi connectivity index (χ3v) is 4.61. The molecule has 3 heteroatoms. The molecule has 0 spiro atoms. The Labute approximate surface area is 117 Å². The molecule has 2 nitrogen and oxygen atoms in total. The summed E-state index contributed by atoms with van der Waals surface area (Å²) in [6.45, 7) is 1.99. The maximum Gasteiger partial charge on any atom is 0.0700 e. The van der Waals surface area contributed by atoms with Gasteiger partial charge in [-0.15, -0.1) is 0 Å². The summed E-state index contributed by atoms with van der Waals surface area (Å²) in [5.41, 5.74) is 1.47. The summed E-state index contributed by atoms with van der Waals surface area (Å²) in [4.78, 5) is 0. The van der Waals surface area contributed by atoms with Crippen molar-refractivity contribution in [3.05, 3.63) is 34.3 Å². The third kappa shape index (κ3) is 2.95. The van der Waals surface area contributed by atoms with Crippen molar-refractivity contribution in [1.29, 1.82) is 0 Å². The molecule has 2 fully saturated rings. The summed E-state index contributed by atoms with van der Waals surface area (Å²) in [7, 11) is 0. The van der Waals surface area contributed by atoms with E-state index in [-0.39, 0.29) is 0 Å². The Morgan fingerprint density at radius 1 is 1.33 bits per heavy atom. The number of hydrogen-bond donors (Lipinski definition) is 1. The van der Waals surface area contributed by atoms with Gasteiger partial charge in [0.15, 0.2) is 0 Å². The van der Waals surface area contributed by atoms with Crippen molar-refractivity contribution in [2.45, 2.75) is 43.7 Å². The Bertz CT molecular complexity index is 397. The summed E-state index contributed by atoms with van der Waals surface area (Å²) in [6, 6.07) is 9.41. The molecule has 1 aromatic rings. The lowest BCUT2D eigenvalue weighted by molar-refractivity contribution is 0.102. The van der Waals surface area contributed by atoms with Crippen LogP contribution in [0.1, 0.15) is 37.2 Å². The second-order valence-electron chi connectivity index (χ2n) is 5.46. The van der Waals surface area contributed by atoms with Crippen LogP contribution in [0.4, 0.5) is 0 Å². The molecular weight excluding hydrogens is 290 g/mol. The molecule has 1 atom stereocenters. The molecule has 3 rings (SSSR count). The van der Waals surface area contributed by atoms with Crippen molar-refractivity contribution in [2.24, 2.45) is 0 Å². The molecule has 98 valence electrons. The van der Waals surface area contributed by atoms with Gasteiger partial charge in [0.25, 0.3) is 0 Å². The standard InChI is InChI=1S/C15H20BrNO/c16-13-4-1-3-11(7-13)12-8-14(9-12)17-10-15-5-2-6-18-15/h1,3-4,7,12,14-15,17H,2,5-6,8-10H2. The van der Waals surface area contributed by atoms with Crippen LogP contribution in [0.15, 0.2) is 28.7 Å². The normalized spacial score (nSPS) is 31.3. The number of hydrogen-bond acceptors (Lipinski definition) is 2. The first kappa shape index (κ1) is 12.6. The summed E-state index contributed by atoms with van der Waals surface area (Å²) >= 11 is 3.54. The molecule has 1 aliphatic carbocycles. The lowest BCUT2D eigenvalue weighted by atomic mass is 9.76. The van der Waals surface area contributed by atoms with Crippen molar-refractivity contribution < 1.29 is 4.74 Å². The number of halogens is 1. The minimum atomic E-state index is 0.468. The van der Waals surface area contributed by atoms with Gasteiger partial charge in [0.1, 0.15) is 0 Å². The number of nitrogens with one attached hydrogen (secondary N) is 1. The zero-order chi connectivity index (χ0) is 12.4. The fraction of sp³-hybridized carbons (Fsp3) is 0.600. The zero-order valence-corrected chi connectivity index (χ0v) is 12.2. The highest BCUT2D eigenvalue weighted by atomic mass is 79.9. The lowest BCUT2D eigenvalue weighted by Gasteiger charge is -2.37. The second kappa shape index (κ2) is 5.72. The quantitative estimate of drug-likeness (QED) is 0.919. The average molecular weight is 310 g/mol. The van der Waals surface area contributed by atoms with Gasteiger partial charge in [-0.25, -0.2) is 0 Å². The number of benzene rings is 1. The van der Waals surface area contributed by atoms with E-state index in [4.69, 9.17) is 4.74 Å². The Morgan fingerprint density at radius 3 is 2.94 bits per heavy atom. The molecule has 1 aromatic carbocycles. The summed E-state index contributed by atoms with van der Waals surface area (Å²) < 4.78 is 6.82. The lowest BCUT2D eigenvalue weighted by Crippen LogP contribution is -2.43. The van der Waals surface area contributed by atoms with Crippen molar-refractivity contribution in [2.75, 3.05) is 13.2 Å². The van der Waals surface area contributed by atoms with Gasteiger partial charge < -0.3 is 10.1 Å². The van der Waals surface area contributed by atoms with Crippen molar-refractivity contribution in [3.63, 3.8) is 0 Å². The highest BCUT2D eigenvalue weighted by molar-refractivity contribution is 9.10. The zero-order valence-electron chi connectivity index (χ0n) is 10.6. The van der Waals surface area contributed by atoms with Gasteiger partial charge >= 0.3 is 0 Å². The topological polar surface area (TPSA) is 21.3 Å². The minimum Gasteiger partial charge on any atom is -0.377 e. The molecule has 1 N–H and O–H groups in total. The molecule has 18 heavy (non-hydrogen) atoms. The van der Waals surface area contributed by atoms with Crippen LogP contribution in [-0.4, -0.2) is 25.3 Å². The van der Waals surface area contributed by atoms with E-state index in [9.17, 15) is 0 Å². The van der Waals surface area contributed by atoms with Gasteiger partial charge in [-0.05, 0) is 49.3 Å². The molecule has 1 aliphatic heterocycles. The SMILES string of the molecule is Brc1cccc(C2CC(NCC3CCCO3)C2)c1. The number of ether oxygens (including phenoxy) is 1. The van der Waals surface area contributed by atoms with Gasteiger partial charge in [-0.1, -0.05) is 28.1 Å². The predicted octanol–water partition coefficient (Wildman–Crippen LogP) is 3.46.